The van der Waals surface area contributed by atoms with Crippen LogP contribution in [-0.4, -0.2) is 0 Å². The average molecular weight is 430 g/mol. The molecule has 0 N–H and O–H groups in total. The van der Waals surface area contributed by atoms with Gasteiger partial charge in [-0.05, 0) is 0 Å². The van der Waals surface area contributed by atoms with Crippen LogP contribution in [-0.2, 0) is 19.5 Å². The molecule has 0 aliphatic carbocycles. The first-order valence-corrected chi connectivity index (χ1v) is 6.54. The van der Waals surface area contributed by atoms with E-state index in [0.717, 1.165) is 0 Å². The first-order chi connectivity index (χ1) is 9.19. The number of rotatable bonds is 0. The van der Waals surface area contributed by atoms with Gasteiger partial charge in [-0.15, -0.1) is 0 Å². The smallest absolute Gasteiger partial charge is 0.999 e. The second kappa shape index (κ2) is 14.4. The van der Waals surface area contributed by atoms with Crippen LogP contribution in [0.15, 0.2) is 6.07 Å². The van der Waals surface area contributed by atoms with Crippen LogP contribution in [0, 0.1) is 58.3 Å². The van der Waals surface area contributed by atoms with Crippen molar-refractivity contribution < 1.29 is 44.7 Å². The number of hydrogen-bond acceptors (Lipinski definition) is 3. The van der Waals surface area contributed by atoms with Crippen LogP contribution in [0.25, 0.3) is 0 Å². The van der Waals surface area contributed by atoms with Gasteiger partial charge in [0, 0.05) is 20.8 Å². The van der Waals surface area contributed by atoms with E-state index >= 15 is 0 Å². The van der Waals surface area contributed by atoms with E-state index < -0.39 is 7.81 Å². The summed E-state index contributed by atoms with van der Waals surface area (Å²) in [4.78, 5) is 0. The van der Waals surface area contributed by atoms with Crippen molar-refractivity contribution in [3.8, 4) is 18.2 Å². The minimum Gasteiger partial charge on any atom is -0.999 e. The average Bonchev–Trinajstić information content (AvgIpc) is 2.72. The van der Waals surface area contributed by atoms with Gasteiger partial charge in [-0.25, -0.2) is 0 Å². The Labute approximate surface area is 138 Å². The summed E-state index contributed by atoms with van der Waals surface area (Å²) < 4.78 is 59.2. The summed E-state index contributed by atoms with van der Waals surface area (Å²) in [5.74, 6) is 0. The molecule has 0 saturated heterocycles. The molecule has 0 aliphatic heterocycles. The van der Waals surface area contributed by atoms with Crippen LogP contribution in [0.3, 0.4) is 0 Å². The topological polar surface area (TPSA) is 71.4 Å². The fraction of sp³-hybridized carbons (Fsp3) is 0.273. The Morgan fingerprint density at radius 3 is 0.909 bits per heavy atom. The molecule has 1 rings (SSSR count). The zero-order valence-corrected chi connectivity index (χ0v) is 14.1. The van der Waals surface area contributed by atoms with Gasteiger partial charge in [0.2, 0.25) is 0 Å². The van der Waals surface area contributed by atoms with Crippen LogP contribution < -0.4 is 0 Å². The predicted molar refractivity (Wildman–Crippen MR) is 64.8 cm³/mol. The molecule has 0 radical (unpaired) electrons. The van der Waals surface area contributed by atoms with Crippen LogP contribution in [0.2, 0.25) is 0 Å². The molecule has 1 aromatic carbocycles. The molecule has 0 spiro atoms. The van der Waals surface area contributed by atoms with Crippen molar-refractivity contribution in [2.24, 2.45) is 0 Å². The van der Waals surface area contributed by atoms with Gasteiger partial charge in [0.25, 0.3) is 0 Å². The van der Waals surface area contributed by atoms with Crippen LogP contribution in [0.1, 0.15) is 20.8 Å². The van der Waals surface area contributed by atoms with Crippen LogP contribution in [0.4, 0.5) is 25.2 Å². The van der Waals surface area contributed by atoms with E-state index in [9.17, 15) is 25.2 Å². The molecule has 0 saturated carbocycles. The first-order valence-electron chi connectivity index (χ1n) is 4.51. The van der Waals surface area contributed by atoms with E-state index in [2.05, 4.69) is 24.3 Å². The molecule has 1 aromatic rings. The van der Waals surface area contributed by atoms with Gasteiger partial charge in [-0.1, -0.05) is 0 Å². The molecule has 0 atom stereocenters. The van der Waals surface area contributed by atoms with Gasteiger partial charge in [0.05, 0.1) is 18.2 Å². The normalized spacial score (nSPS) is 10.3. The van der Waals surface area contributed by atoms with Gasteiger partial charge >= 0.3 is 52.5 Å². The summed E-state index contributed by atoms with van der Waals surface area (Å²) in [5, 5.41) is 22.0. The fourth-order valence-corrected chi connectivity index (χ4v) is 0.180. The Balaban J connectivity index is -0.0000000572. The van der Waals surface area contributed by atoms with Crippen LogP contribution in [0.5, 0.6) is 0 Å². The summed E-state index contributed by atoms with van der Waals surface area (Å²) in [6, 6.07) is 17.2. The number of halogens is 6. The van der Waals surface area contributed by atoms with Gasteiger partial charge in [0.15, 0.2) is 0 Å². The monoisotopic (exact) mass is 431 g/mol. The summed E-state index contributed by atoms with van der Waals surface area (Å²) >= 11 is 0. The summed E-state index contributed by atoms with van der Waals surface area (Å²) in [7, 11) is -10.7. The molecule has 0 bridgehead atoms. The molecular formula is C11H10F6N3PRu. The van der Waals surface area contributed by atoms with Crippen molar-refractivity contribution in [3.05, 3.63) is 30.3 Å². The van der Waals surface area contributed by atoms with Crippen molar-refractivity contribution in [1.29, 1.82) is 15.8 Å². The molecule has 124 valence electrons. The van der Waals surface area contributed by atoms with E-state index in [-0.39, 0.29) is 19.5 Å². The third kappa shape index (κ3) is 471. The molecule has 0 fully saturated rings. The summed E-state index contributed by atoms with van der Waals surface area (Å²) in [6.45, 7) is 4.29. The SMILES string of the molecule is CC#N.CC#N.CC#N.F[P-](F)(F)(F)(F)F.[Ru+6].[c-]1[c-][c-][cH-][c-]1. The third-order valence-electron chi connectivity index (χ3n) is 0.351. The van der Waals surface area contributed by atoms with Crippen molar-refractivity contribution >= 4 is 7.81 Å². The van der Waals surface area contributed by atoms with Gasteiger partial charge in [-0.2, -0.15) is 15.8 Å². The standard InChI is InChI=1S/C5H.3C2H3N.F6P.Ru/c1-2-4-5-3-1;3*1-2-3;1-7(2,3,4,5)6;/h1H;3*1H3;;/q-5;;;;-1;+6. The van der Waals surface area contributed by atoms with E-state index in [1.54, 1.807) is 24.3 Å². The summed E-state index contributed by atoms with van der Waals surface area (Å²) in [5.41, 5.74) is 0. The maximum atomic E-state index is 9.87. The third-order valence-corrected chi connectivity index (χ3v) is 0.351. The first kappa shape index (κ1) is 32.4. The molecule has 22 heavy (non-hydrogen) atoms. The second-order valence-electron chi connectivity index (χ2n) is 2.31. The molecular weight excluding hydrogens is 420 g/mol. The van der Waals surface area contributed by atoms with Crippen molar-refractivity contribution in [2.45, 2.75) is 20.8 Å². The minimum absolute atomic E-state index is 0. The molecule has 0 amide bonds. The molecule has 0 unspecified atom stereocenters. The van der Waals surface area contributed by atoms with E-state index in [1.165, 1.54) is 20.8 Å². The van der Waals surface area contributed by atoms with E-state index in [4.69, 9.17) is 15.8 Å². The predicted octanol–water partition coefficient (Wildman–Crippen LogP) is 5.58. The maximum absolute atomic E-state index is 10.7. The number of nitriles is 3. The quantitative estimate of drug-likeness (QED) is 0.234. The zero-order chi connectivity index (χ0) is 18.1. The van der Waals surface area contributed by atoms with Crippen LogP contribution >= 0.6 is 7.81 Å². The fourth-order valence-electron chi connectivity index (χ4n) is 0.180. The van der Waals surface area contributed by atoms with E-state index in [0.29, 0.717) is 0 Å². The Kier molecular flexibility index (Phi) is 21.2. The van der Waals surface area contributed by atoms with Crippen molar-refractivity contribution in [1.82, 2.24) is 0 Å². The Hall–Kier alpha value is -1.55. The van der Waals surface area contributed by atoms with Gasteiger partial charge in [-0.3, -0.25) is 0 Å². The second-order valence-corrected chi connectivity index (χ2v) is 4.23. The number of nitrogens with zero attached hydrogens (tertiary/aromatic N) is 3. The number of hydrogen-bond donors (Lipinski definition) is 0. The largest absolute Gasteiger partial charge is 6.00 e. The minimum atomic E-state index is -10.7. The van der Waals surface area contributed by atoms with Crippen molar-refractivity contribution in [3.63, 3.8) is 0 Å². The molecule has 0 aliphatic rings. The Morgan fingerprint density at radius 1 is 0.727 bits per heavy atom. The molecule has 11 heteroatoms. The van der Waals surface area contributed by atoms with Crippen molar-refractivity contribution in [2.75, 3.05) is 0 Å². The van der Waals surface area contributed by atoms with Gasteiger partial charge in [0.1, 0.15) is 0 Å². The van der Waals surface area contributed by atoms with Gasteiger partial charge < -0.3 is 30.3 Å². The zero-order valence-electron chi connectivity index (χ0n) is 11.5. The Bertz CT molecular complexity index is 393. The molecule has 0 heterocycles. The Morgan fingerprint density at radius 2 is 0.864 bits per heavy atom. The summed E-state index contributed by atoms with van der Waals surface area (Å²) in [6.07, 6.45) is 0. The maximum Gasteiger partial charge on any atom is 6.00 e. The van der Waals surface area contributed by atoms with E-state index in [1.807, 2.05) is 0 Å². The molecule has 3 nitrogen and oxygen atoms in total. The molecule has 0 aromatic heterocycles.